The van der Waals surface area contributed by atoms with Crippen molar-refractivity contribution < 1.29 is 0 Å². The highest BCUT2D eigenvalue weighted by Crippen LogP contribution is 2.35. The van der Waals surface area contributed by atoms with Crippen LogP contribution in [0.5, 0.6) is 0 Å². The molecule has 0 unspecified atom stereocenters. The van der Waals surface area contributed by atoms with Gasteiger partial charge in [-0.25, -0.2) is 0 Å². The first-order valence-electron chi connectivity index (χ1n) is 12.5. The Kier molecular flexibility index (Phi) is 5.38. The summed E-state index contributed by atoms with van der Waals surface area (Å²) >= 11 is 0. The molecular weight excluding hydrogens is 436 g/mol. The first-order valence-corrected chi connectivity index (χ1v) is 12.5. The molecule has 0 aliphatic rings. The fourth-order valence-electron chi connectivity index (χ4n) is 4.98. The maximum atomic E-state index is 3.57. The van der Waals surface area contributed by atoms with Gasteiger partial charge in [0, 0.05) is 27.8 Å². The van der Waals surface area contributed by atoms with Crippen LogP contribution in [-0.2, 0) is 5.41 Å². The number of rotatable bonds is 4. The number of nitrogens with zero attached hydrogens (tertiary/aromatic N) is 1. The summed E-state index contributed by atoms with van der Waals surface area (Å²) in [5, 5.41) is 6.11. The van der Waals surface area contributed by atoms with Gasteiger partial charge in [-0.15, -0.1) is 0 Å². The smallest absolute Gasteiger partial charge is 0.0541 e. The van der Waals surface area contributed by atoms with Crippen LogP contribution in [-0.4, -0.2) is 4.57 Å². The first-order chi connectivity index (χ1) is 17.5. The molecule has 0 fully saturated rings. The van der Waals surface area contributed by atoms with E-state index in [2.05, 4.69) is 152 Å². The molecule has 176 valence electrons. The summed E-state index contributed by atoms with van der Waals surface area (Å²) in [5.74, 6) is 0. The standard InChI is InChI=1S/C34H30N2/c1-34(2,3)26-10-9-11-28(23-26)35-27-19-16-24(17-20-27)25-18-21-33-31(22-25)30-14-7-8-15-32(30)36(33)29-12-5-4-6-13-29/h4-23,35H,1-3H3. The van der Waals surface area contributed by atoms with E-state index in [0.717, 1.165) is 11.4 Å². The van der Waals surface area contributed by atoms with E-state index in [1.165, 1.54) is 44.2 Å². The fourth-order valence-corrected chi connectivity index (χ4v) is 4.98. The zero-order valence-electron chi connectivity index (χ0n) is 21.0. The predicted molar refractivity (Wildman–Crippen MR) is 155 cm³/mol. The van der Waals surface area contributed by atoms with Crippen molar-refractivity contribution in [1.29, 1.82) is 0 Å². The van der Waals surface area contributed by atoms with Crippen molar-refractivity contribution in [2.24, 2.45) is 0 Å². The van der Waals surface area contributed by atoms with E-state index >= 15 is 0 Å². The second kappa shape index (κ2) is 8.73. The lowest BCUT2D eigenvalue weighted by Gasteiger charge is -2.20. The van der Waals surface area contributed by atoms with Gasteiger partial charge >= 0.3 is 0 Å². The van der Waals surface area contributed by atoms with Crippen molar-refractivity contribution in [1.82, 2.24) is 4.57 Å². The normalized spacial score (nSPS) is 11.8. The van der Waals surface area contributed by atoms with Gasteiger partial charge in [0.25, 0.3) is 0 Å². The zero-order chi connectivity index (χ0) is 24.7. The van der Waals surface area contributed by atoms with Gasteiger partial charge in [0.15, 0.2) is 0 Å². The van der Waals surface area contributed by atoms with Gasteiger partial charge in [-0.05, 0) is 76.7 Å². The summed E-state index contributed by atoms with van der Waals surface area (Å²) < 4.78 is 2.35. The molecule has 1 N–H and O–H groups in total. The van der Waals surface area contributed by atoms with E-state index in [9.17, 15) is 0 Å². The summed E-state index contributed by atoms with van der Waals surface area (Å²) in [5.41, 5.74) is 9.73. The second-order valence-corrected chi connectivity index (χ2v) is 10.5. The maximum absolute atomic E-state index is 3.57. The van der Waals surface area contributed by atoms with Crippen LogP contribution >= 0.6 is 0 Å². The van der Waals surface area contributed by atoms with Crippen molar-refractivity contribution in [2.45, 2.75) is 26.2 Å². The summed E-state index contributed by atoms with van der Waals surface area (Å²) in [6.07, 6.45) is 0. The molecule has 0 atom stereocenters. The highest BCUT2D eigenvalue weighted by molar-refractivity contribution is 6.10. The molecule has 0 bridgehead atoms. The second-order valence-electron chi connectivity index (χ2n) is 10.5. The summed E-state index contributed by atoms with van der Waals surface area (Å²) in [7, 11) is 0. The monoisotopic (exact) mass is 466 g/mol. The number of para-hydroxylation sites is 2. The van der Waals surface area contributed by atoms with Crippen molar-refractivity contribution in [3.63, 3.8) is 0 Å². The van der Waals surface area contributed by atoms with E-state index in [1.807, 2.05) is 0 Å². The van der Waals surface area contributed by atoms with Crippen LogP contribution in [0.4, 0.5) is 11.4 Å². The number of nitrogens with one attached hydrogen (secondary N) is 1. The molecule has 2 nitrogen and oxygen atoms in total. The lowest BCUT2D eigenvalue weighted by molar-refractivity contribution is 0.590. The van der Waals surface area contributed by atoms with Crippen molar-refractivity contribution in [2.75, 3.05) is 5.32 Å². The number of benzene rings is 5. The summed E-state index contributed by atoms with van der Waals surface area (Å²) in [4.78, 5) is 0. The van der Waals surface area contributed by atoms with Crippen LogP contribution in [0.25, 0.3) is 38.6 Å². The Morgan fingerprint density at radius 1 is 0.528 bits per heavy atom. The number of hydrogen-bond acceptors (Lipinski definition) is 1. The predicted octanol–water partition coefficient (Wildman–Crippen LogP) is 9.49. The van der Waals surface area contributed by atoms with Crippen molar-refractivity contribution >= 4 is 33.2 Å². The van der Waals surface area contributed by atoms with Gasteiger partial charge < -0.3 is 9.88 Å². The molecule has 0 saturated heterocycles. The van der Waals surface area contributed by atoms with Crippen LogP contribution in [0.1, 0.15) is 26.3 Å². The minimum atomic E-state index is 0.129. The maximum Gasteiger partial charge on any atom is 0.0541 e. The van der Waals surface area contributed by atoms with Gasteiger partial charge in [-0.1, -0.05) is 87.5 Å². The van der Waals surface area contributed by atoms with Crippen LogP contribution in [0, 0.1) is 0 Å². The molecule has 6 aromatic rings. The van der Waals surface area contributed by atoms with E-state index in [1.54, 1.807) is 0 Å². The molecule has 1 aromatic heterocycles. The highest BCUT2D eigenvalue weighted by Gasteiger charge is 2.14. The molecule has 6 rings (SSSR count). The van der Waals surface area contributed by atoms with Crippen molar-refractivity contribution in [3.8, 4) is 16.8 Å². The van der Waals surface area contributed by atoms with Crippen LogP contribution in [0.15, 0.2) is 121 Å². The highest BCUT2D eigenvalue weighted by atomic mass is 15.0. The van der Waals surface area contributed by atoms with Crippen LogP contribution in [0.2, 0.25) is 0 Å². The number of aromatic nitrogens is 1. The van der Waals surface area contributed by atoms with Crippen LogP contribution < -0.4 is 5.32 Å². The Bertz CT molecular complexity index is 1670. The third-order valence-electron chi connectivity index (χ3n) is 6.92. The molecule has 0 aliphatic heterocycles. The molecule has 1 heterocycles. The molecule has 0 saturated carbocycles. The molecule has 0 amide bonds. The molecule has 36 heavy (non-hydrogen) atoms. The molecule has 2 heteroatoms. The third kappa shape index (κ3) is 4.05. The van der Waals surface area contributed by atoms with E-state index < -0.39 is 0 Å². The van der Waals surface area contributed by atoms with Gasteiger partial charge in [-0.2, -0.15) is 0 Å². The van der Waals surface area contributed by atoms with Gasteiger partial charge in [-0.3, -0.25) is 0 Å². The lowest BCUT2D eigenvalue weighted by Crippen LogP contribution is -2.10. The fraction of sp³-hybridized carbons (Fsp3) is 0.118. The topological polar surface area (TPSA) is 17.0 Å². The Morgan fingerprint density at radius 3 is 2.00 bits per heavy atom. The zero-order valence-corrected chi connectivity index (χ0v) is 21.0. The Morgan fingerprint density at radius 2 is 1.22 bits per heavy atom. The number of hydrogen-bond donors (Lipinski definition) is 1. The molecular formula is C34H30N2. The Labute approximate surface area is 212 Å². The number of anilines is 2. The Hall–Kier alpha value is -4.30. The largest absolute Gasteiger partial charge is 0.356 e. The molecule has 5 aromatic carbocycles. The SMILES string of the molecule is CC(C)(C)c1cccc(Nc2ccc(-c3ccc4c(c3)c3ccccc3n4-c3ccccc3)cc2)c1. The molecule has 0 spiro atoms. The quantitative estimate of drug-likeness (QED) is 0.274. The van der Waals surface area contributed by atoms with E-state index in [4.69, 9.17) is 0 Å². The Balaban J connectivity index is 1.35. The first kappa shape index (κ1) is 22.2. The van der Waals surface area contributed by atoms with Gasteiger partial charge in [0.05, 0.1) is 11.0 Å². The van der Waals surface area contributed by atoms with Crippen molar-refractivity contribution in [3.05, 3.63) is 127 Å². The summed E-state index contributed by atoms with van der Waals surface area (Å²) in [6, 6.07) is 43.5. The molecule has 0 radical (unpaired) electrons. The minimum absolute atomic E-state index is 0.129. The third-order valence-corrected chi connectivity index (χ3v) is 6.92. The van der Waals surface area contributed by atoms with Gasteiger partial charge in [0.2, 0.25) is 0 Å². The van der Waals surface area contributed by atoms with Gasteiger partial charge in [0.1, 0.15) is 0 Å². The summed E-state index contributed by atoms with van der Waals surface area (Å²) in [6.45, 7) is 6.74. The average molecular weight is 467 g/mol. The molecule has 0 aliphatic carbocycles. The number of fused-ring (bicyclic) bond motifs is 3. The minimum Gasteiger partial charge on any atom is -0.356 e. The average Bonchev–Trinajstić information content (AvgIpc) is 3.23. The lowest BCUT2D eigenvalue weighted by atomic mass is 9.87. The van der Waals surface area contributed by atoms with E-state index in [-0.39, 0.29) is 5.41 Å². The van der Waals surface area contributed by atoms with E-state index in [0.29, 0.717) is 0 Å². The van der Waals surface area contributed by atoms with Crippen LogP contribution in [0.3, 0.4) is 0 Å².